The maximum absolute atomic E-state index is 13.2. The molecule has 0 N–H and O–H groups in total. The van der Waals surface area contributed by atoms with E-state index in [0.29, 0.717) is 16.1 Å². The van der Waals surface area contributed by atoms with E-state index >= 15 is 0 Å². The number of anilines is 1. The van der Waals surface area contributed by atoms with Crippen LogP contribution in [0.15, 0.2) is 41.4 Å². The highest BCUT2D eigenvalue weighted by Crippen LogP contribution is 2.36. The van der Waals surface area contributed by atoms with Gasteiger partial charge in [0.1, 0.15) is 0 Å². The number of halogens is 3. The molecular formula is C28H33F3N4OS. The molecule has 4 rings (SSSR count). The lowest BCUT2D eigenvalue weighted by Gasteiger charge is -2.32. The number of likely N-dealkylation sites (tertiary alicyclic amines) is 1. The first-order valence-electron chi connectivity index (χ1n) is 12.6. The second-order valence-corrected chi connectivity index (χ2v) is 10.7. The van der Waals surface area contributed by atoms with Crippen molar-refractivity contribution in [1.82, 2.24) is 9.88 Å². The van der Waals surface area contributed by atoms with E-state index in [0.717, 1.165) is 74.2 Å². The summed E-state index contributed by atoms with van der Waals surface area (Å²) in [5, 5.41) is 0.752. The Balaban J connectivity index is 1.51. The van der Waals surface area contributed by atoms with E-state index in [-0.39, 0.29) is 5.91 Å². The van der Waals surface area contributed by atoms with Gasteiger partial charge in [0, 0.05) is 46.4 Å². The van der Waals surface area contributed by atoms with E-state index in [9.17, 15) is 18.0 Å². The average molecular weight is 531 g/mol. The Morgan fingerprint density at radius 2 is 1.95 bits per heavy atom. The molecule has 1 amide bonds. The molecule has 2 heterocycles. The van der Waals surface area contributed by atoms with Crippen LogP contribution in [0.3, 0.4) is 0 Å². The summed E-state index contributed by atoms with van der Waals surface area (Å²) in [5.74, 6) is 0.637. The fourth-order valence-corrected chi connectivity index (χ4v) is 5.90. The number of fused-ring (bicyclic) bond motifs is 1. The van der Waals surface area contributed by atoms with Crippen LogP contribution in [0.5, 0.6) is 0 Å². The number of rotatable bonds is 8. The van der Waals surface area contributed by atoms with E-state index in [2.05, 4.69) is 35.0 Å². The molecule has 9 heteroatoms. The molecular weight excluding hydrogens is 497 g/mol. The molecule has 0 unspecified atom stereocenters. The molecule has 198 valence electrons. The van der Waals surface area contributed by atoms with E-state index in [1.54, 1.807) is 14.0 Å². The Morgan fingerprint density at radius 1 is 1.19 bits per heavy atom. The van der Waals surface area contributed by atoms with Crippen molar-refractivity contribution in [2.45, 2.75) is 45.7 Å². The Bertz CT molecular complexity index is 1260. The largest absolute Gasteiger partial charge is 0.416 e. The number of nitrogens with zero attached hydrogens (tertiary/aromatic N) is 4. The maximum Gasteiger partial charge on any atom is 0.416 e. The van der Waals surface area contributed by atoms with Crippen molar-refractivity contribution in [2.75, 3.05) is 38.1 Å². The number of benzene rings is 2. The predicted molar refractivity (Wildman–Crippen MR) is 145 cm³/mol. The van der Waals surface area contributed by atoms with Crippen molar-refractivity contribution >= 4 is 38.8 Å². The highest BCUT2D eigenvalue weighted by Gasteiger charge is 2.31. The van der Waals surface area contributed by atoms with Gasteiger partial charge in [0.2, 0.25) is 5.91 Å². The molecule has 0 radical (unpaired) electrons. The molecule has 1 aromatic heterocycles. The van der Waals surface area contributed by atoms with E-state index in [1.807, 2.05) is 11.1 Å². The van der Waals surface area contributed by atoms with Gasteiger partial charge in [-0.25, -0.2) is 4.98 Å². The number of carbonyl (C=O) groups is 1. The first kappa shape index (κ1) is 27.1. The molecule has 5 nitrogen and oxygen atoms in total. The van der Waals surface area contributed by atoms with Crippen molar-refractivity contribution in [1.29, 1.82) is 0 Å². The van der Waals surface area contributed by atoms with Crippen molar-refractivity contribution in [3.05, 3.63) is 58.7 Å². The van der Waals surface area contributed by atoms with Crippen molar-refractivity contribution in [3.63, 3.8) is 0 Å². The minimum absolute atomic E-state index is 0.124. The summed E-state index contributed by atoms with van der Waals surface area (Å²) < 4.78 is 40.3. The fraction of sp³-hybridized carbons (Fsp3) is 0.464. The maximum atomic E-state index is 13.2. The van der Waals surface area contributed by atoms with Crippen LogP contribution in [-0.4, -0.2) is 55.2 Å². The minimum Gasteiger partial charge on any atom is -0.348 e. The third-order valence-corrected chi connectivity index (χ3v) is 8.19. The first-order chi connectivity index (χ1) is 17.6. The second-order valence-electron chi connectivity index (χ2n) is 9.73. The van der Waals surface area contributed by atoms with E-state index < -0.39 is 11.7 Å². The van der Waals surface area contributed by atoms with Gasteiger partial charge in [-0.05, 0) is 73.4 Å². The van der Waals surface area contributed by atoms with Crippen LogP contribution in [0.25, 0.3) is 10.2 Å². The molecule has 0 bridgehead atoms. The summed E-state index contributed by atoms with van der Waals surface area (Å²) in [6.07, 6.45) is 1.18. The number of aromatic nitrogens is 1. The van der Waals surface area contributed by atoms with Crippen LogP contribution in [0.4, 0.5) is 18.3 Å². The molecule has 3 aromatic rings. The second kappa shape index (κ2) is 11.6. The van der Waals surface area contributed by atoms with Gasteiger partial charge in [0.05, 0.1) is 15.8 Å². The summed E-state index contributed by atoms with van der Waals surface area (Å²) in [7, 11) is 1.75. The number of piperidine rings is 1. The lowest BCUT2D eigenvalue weighted by Crippen LogP contribution is -2.38. The third kappa shape index (κ3) is 6.89. The number of alkyl halides is 3. The van der Waals surface area contributed by atoms with E-state index in [4.69, 9.17) is 4.98 Å². The Kier molecular flexibility index (Phi) is 8.52. The monoisotopic (exact) mass is 530 g/mol. The number of hydrogen-bond acceptors (Lipinski definition) is 5. The van der Waals surface area contributed by atoms with Gasteiger partial charge in [-0.3, -0.25) is 9.79 Å². The minimum atomic E-state index is -4.38. The van der Waals surface area contributed by atoms with Crippen LogP contribution in [0, 0.1) is 12.8 Å². The summed E-state index contributed by atoms with van der Waals surface area (Å²) in [6, 6.07) is 10.1. The molecule has 1 saturated heterocycles. The molecule has 1 aliphatic heterocycles. The zero-order valence-corrected chi connectivity index (χ0v) is 22.3. The molecule has 37 heavy (non-hydrogen) atoms. The van der Waals surface area contributed by atoms with Crippen molar-refractivity contribution < 1.29 is 18.0 Å². The van der Waals surface area contributed by atoms with Gasteiger partial charge in [0.25, 0.3) is 0 Å². The molecule has 2 aromatic carbocycles. The van der Waals surface area contributed by atoms with Crippen molar-refractivity contribution in [3.8, 4) is 0 Å². The van der Waals surface area contributed by atoms with Crippen LogP contribution in [0.1, 0.15) is 48.4 Å². The third-order valence-electron chi connectivity index (χ3n) is 7.11. The topological polar surface area (TPSA) is 48.8 Å². The molecule has 0 atom stereocenters. The average Bonchev–Trinajstić information content (AvgIpc) is 3.29. The molecule has 0 aliphatic carbocycles. The molecule has 1 fully saturated rings. The summed E-state index contributed by atoms with van der Waals surface area (Å²) in [4.78, 5) is 24.6. The number of aryl methyl sites for hydroxylation is 1. The van der Waals surface area contributed by atoms with Gasteiger partial charge in [-0.15, -0.1) is 0 Å². The van der Waals surface area contributed by atoms with Crippen LogP contribution in [0.2, 0.25) is 0 Å². The van der Waals surface area contributed by atoms with Gasteiger partial charge in [-0.2, -0.15) is 13.2 Å². The molecule has 0 spiro atoms. The quantitative estimate of drug-likeness (QED) is 0.318. The van der Waals surface area contributed by atoms with Gasteiger partial charge in [-0.1, -0.05) is 29.5 Å². The number of aliphatic imine (C=N–C) groups is 1. The summed E-state index contributed by atoms with van der Waals surface area (Å²) in [6.45, 7) is 6.75. The van der Waals surface area contributed by atoms with Crippen molar-refractivity contribution in [2.24, 2.45) is 10.9 Å². The number of hydrogen-bond donors (Lipinski definition) is 0. The van der Waals surface area contributed by atoms with Crippen LogP contribution in [-0.2, 0) is 17.4 Å². The molecule has 1 aliphatic rings. The standard InChI is InChI=1S/C28H33F3N4OS/c1-19-16-22(4-5-23(19)18-32-3)11-15-35(14-10-21-8-12-34(13-9-21)20(2)36)27-33-25-7-6-24(28(29,30)31)17-26(25)37-27/h4-7,16-18,21H,8-15H2,1-3H3. The Morgan fingerprint density at radius 3 is 2.59 bits per heavy atom. The van der Waals surface area contributed by atoms with Crippen LogP contribution < -0.4 is 4.90 Å². The zero-order valence-electron chi connectivity index (χ0n) is 21.5. The van der Waals surface area contributed by atoms with Gasteiger partial charge in [0.15, 0.2) is 5.13 Å². The normalized spacial score (nSPS) is 15.1. The lowest BCUT2D eigenvalue weighted by molar-refractivity contribution is -0.137. The number of carbonyl (C=O) groups excluding carboxylic acids is 1. The van der Waals surface area contributed by atoms with Gasteiger partial charge < -0.3 is 9.80 Å². The summed E-state index contributed by atoms with van der Waals surface area (Å²) >= 11 is 1.32. The SMILES string of the molecule is CN=Cc1ccc(CCN(CCC2CCN(C(C)=O)CC2)c2nc3ccc(C(F)(F)F)cc3s2)cc1C. The fourth-order valence-electron chi connectivity index (χ4n) is 4.84. The lowest BCUT2D eigenvalue weighted by atomic mass is 9.93. The Hall–Kier alpha value is -2.94. The Labute approximate surface area is 220 Å². The molecule has 0 saturated carbocycles. The van der Waals surface area contributed by atoms with Crippen LogP contribution >= 0.6 is 11.3 Å². The smallest absolute Gasteiger partial charge is 0.348 e. The highest BCUT2D eigenvalue weighted by atomic mass is 32.1. The van der Waals surface area contributed by atoms with E-state index in [1.165, 1.54) is 29.0 Å². The predicted octanol–water partition coefficient (Wildman–Crippen LogP) is 6.37. The number of thiazole rings is 1. The number of amides is 1. The summed E-state index contributed by atoms with van der Waals surface area (Å²) in [5.41, 5.74) is 3.39. The first-order valence-corrected chi connectivity index (χ1v) is 13.5. The van der Waals surface area contributed by atoms with Gasteiger partial charge >= 0.3 is 6.18 Å². The highest BCUT2D eigenvalue weighted by molar-refractivity contribution is 7.22. The zero-order chi connectivity index (χ0) is 26.6.